The van der Waals surface area contributed by atoms with Gasteiger partial charge in [-0.3, -0.25) is 4.79 Å². The first-order valence-corrected chi connectivity index (χ1v) is 7.75. The fraction of sp³-hybridized carbons (Fsp3) is 0.176. The van der Waals surface area contributed by atoms with Crippen LogP contribution in [0.3, 0.4) is 0 Å². The molecular formula is C17H18BrN3O2. The Balaban J connectivity index is 2.15. The lowest BCUT2D eigenvalue weighted by molar-refractivity contribution is 0.0955. The monoisotopic (exact) mass is 375 g/mol. The lowest BCUT2D eigenvalue weighted by Gasteiger charge is -2.15. The number of carbonyl (C=O) groups is 1. The van der Waals surface area contributed by atoms with Gasteiger partial charge >= 0.3 is 0 Å². The molecule has 1 N–H and O–H groups in total. The van der Waals surface area contributed by atoms with E-state index in [9.17, 15) is 4.79 Å². The number of amides is 1. The third-order valence-corrected chi connectivity index (χ3v) is 3.69. The minimum absolute atomic E-state index is 0.264. The normalized spacial score (nSPS) is 10.6. The number of rotatable bonds is 5. The minimum atomic E-state index is -0.264. The number of benzene rings is 2. The maximum atomic E-state index is 12.3. The van der Waals surface area contributed by atoms with Crippen LogP contribution in [0.2, 0.25) is 0 Å². The third-order valence-electron chi connectivity index (χ3n) is 3.19. The van der Waals surface area contributed by atoms with Gasteiger partial charge in [-0.05, 0) is 30.3 Å². The van der Waals surface area contributed by atoms with E-state index in [4.69, 9.17) is 4.74 Å². The largest absolute Gasteiger partial charge is 0.496 e. The second kappa shape index (κ2) is 7.78. The van der Waals surface area contributed by atoms with Gasteiger partial charge < -0.3 is 9.64 Å². The number of hydrogen-bond donors (Lipinski definition) is 1. The Kier molecular flexibility index (Phi) is 5.76. The molecule has 23 heavy (non-hydrogen) atoms. The van der Waals surface area contributed by atoms with Crippen LogP contribution in [0.4, 0.5) is 5.69 Å². The van der Waals surface area contributed by atoms with Crippen molar-refractivity contribution in [1.82, 2.24) is 5.43 Å². The molecule has 0 spiro atoms. The standard InChI is InChI=1S/C17H18BrN3O2/c1-21(2)15-7-5-4-6-14(15)17(22)20-19-11-12-10-13(18)8-9-16(12)23-3/h4-11H,1-3H3,(H,20,22). The zero-order valence-corrected chi connectivity index (χ0v) is 14.8. The molecule has 0 unspecified atom stereocenters. The average Bonchev–Trinajstić information content (AvgIpc) is 2.55. The Morgan fingerprint density at radius 3 is 2.70 bits per heavy atom. The number of anilines is 1. The Hall–Kier alpha value is -2.34. The highest BCUT2D eigenvalue weighted by molar-refractivity contribution is 9.10. The molecule has 2 rings (SSSR count). The van der Waals surface area contributed by atoms with Crippen molar-refractivity contribution in [3.05, 3.63) is 58.1 Å². The molecular weight excluding hydrogens is 358 g/mol. The summed E-state index contributed by atoms with van der Waals surface area (Å²) in [5.41, 5.74) is 4.71. The highest BCUT2D eigenvalue weighted by Gasteiger charge is 2.11. The van der Waals surface area contributed by atoms with Gasteiger partial charge in [-0.2, -0.15) is 5.10 Å². The highest BCUT2D eigenvalue weighted by atomic mass is 79.9. The van der Waals surface area contributed by atoms with Crippen LogP contribution in [0.25, 0.3) is 0 Å². The molecule has 6 heteroatoms. The van der Waals surface area contributed by atoms with Gasteiger partial charge in [0, 0.05) is 29.8 Å². The highest BCUT2D eigenvalue weighted by Crippen LogP contribution is 2.21. The van der Waals surface area contributed by atoms with E-state index >= 15 is 0 Å². The van der Waals surface area contributed by atoms with Gasteiger partial charge in [0.1, 0.15) is 5.75 Å². The van der Waals surface area contributed by atoms with Crippen molar-refractivity contribution in [3.63, 3.8) is 0 Å². The van der Waals surface area contributed by atoms with Crippen molar-refractivity contribution >= 4 is 33.7 Å². The van der Waals surface area contributed by atoms with Gasteiger partial charge in [-0.15, -0.1) is 0 Å². The van der Waals surface area contributed by atoms with Crippen LogP contribution in [0.1, 0.15) is 15.9 Å². The maximum Gasteiger partial charge on any atom is 0.273 e. The lowest BCUT2D eigenvalue weighted by Crippen LogP contribution is -2.21. The van der Waals surface area contributed by atoms with Crippen LogP contribution in [-0.4, -0.2) is 33.3 Å². The number of para-hydroxylation sites is 1. The zero-order chi connectivity index (χ0) is 16.8. The molecule has 0 atom stereocenters. The van der Waals surface area contributed by atoms with Crippen molar-refractivity contribution in [3.8, 4) is 5.75 Å². The first-order chi connectivity index (χ1) is 11.0. The number of hydrogen-bond acceptors (Lipinski definition) is 4. The van der Waals surface area contributed by atoms with E-state index in [1.165, 1.54) is 0 Å². The van der Waals surface area contributed by atoms with Crippen LogP contribution in [0.5, 0.6) is 5.75 Å². The topological polar surface area (TPSA) is 53.9 Å². The van der Waals surface area contributed by atoms with E-state index < -0.39 is 0 Å². The average molecular weight is 376 g/mol. The lowest BCUT2D eigenvalue weighted by atomic mass is 10.1. The summed E-state index contributed by atoms with van der Waals surface area (Å²) in [5.74, 6) is 0.416. The van der Waals surface area contributed by atoms with Gasteiger partial charge in [0.05, 0.1) is 18.9 Å². The number of halogens is 1. The molecule has 0 aliphatic heterocycles. The summed E-state index contributed by atoms with van der Waals surface area (Å²) in [4.78, 5) is 14.2. The van der Waals surface area contributed by atoms with Crippen LogP contribution < -0.4 is 15.1 Å². The Morgan fingerprint density at radius 2 is 2.00 bits per heavy atom. The van der Waals surface area contributed by atoms with Crippen molar-refractivity contribution in [2.24, 2.45) is 5.10 Å². The van der Waals surface area contributed by atoms with E-state index in [0.717, 1.165) is 15.7 Å². The van der Waals surface area contributed by atoms with Crippen LogP contribution in [-0.2, 0) is 0 Å². The van der Waals surface area contributed by atoms with Crippen molar-refractivity contribution in [2.75, 3.05) is 26.1 Å². The summed E-state index contributed by atoms with van der Waals surface area (Å²) in [5, 5.41) is 4.02. The molecule has 0 aliphatic rings. The number of nitrogens with zero attached hydrogens (tertiary/aromatic N) is 2. The smallest absolute Gasteiger partial charge is 0.273 e. The molecule has 0 radical (unpaired) electrons. The zero-order valence-electron chi connectivity index (χ0n) is 13.2. The van der Waals surface area contributed by atoms with Crippen LogP contribution in [0.15, 0.2) is 52.0 Å². The summed E-state index contributed by atoms with van der Waals surface area (Å²) < 4.78 is 6.17. The summed E-state index contributed by atoms with van der Waals surface area (Å²) in [6.07, 6.45) is 1.56. The van der Waals surface area contributed by atoms with E-state index in [1.807, 2.05) is 55.4 Å². The molecule has 0 fully saturated rings. The summed E-state index contributed by atoms with van der Waals surface area (Å²) in [6.45, 7) is 0. The van der Waals surface area contributed by atoms with Crippen LogP contribution >= 0.6 is 15.9 Å². The second-order valence-electron chi connectivity index (χ2n) is 5.00. The minimum Gasteiger partial charge on any atom is -0.496 e. The van der Waals surface area contributed by atoms with E-state index in [0.29, 0.717) is 11.3 Å². The third kappa shape index (κ3) is 4.32. The van der Waals surface area contributed by atoms with Crippen molar-refractivity contribution in [1.29, 1.82) is 0 Å². The Morgan fingerprint density at radius 1 is 1.26 bits per heavy atom. The summed E-state index contributed by atoms with van der Waals surface area (Å²) in [7, 11) is 5.37. The molecule has 1 amide bonds. The predicted octanol–water partition coefficient (Wildman–Crippen LogP) is 3.29. The molecule has 0 saturated carbocycles. The van der Waals surface area contributed by atoms with Gasteiger partial charge in [-0.1, -0.05) is 28.1 Å². The summed E-state index contributed by atoms with van der Waals surface area (Å²) in [6, 6.07) is 12.9. The quantitative estimate of drug-likeness (QED) is 0.644. The SMILES string of the molecule is COc1ccc(Br)cc1C=NNC(=O)c1ccccc1N(C)C. The van der Waals surface area contributed by atoms with Crippen molar-refractivity contribution in [2.45, 2.75) is 0 Å². The fourth-order valence-corrected chi connectivity index (χ4v) is 2.46. The molecule has 5 nitrogen and oxygen atoms in total. The van der Waals surface area contributed by atoms with Gasteiger partial charge in [0.15, 0.2) is 0 Å². The number of hydrazone groups is 1. The van der Waals surface area contributed by atoms with Gasteiger partial charge in [0.25, 0.3) is 5.91 Å². The van der Waals surface area contributed by atoms with Crippen LogP contribution in [0, 0.1) is 0 Å². The number of methoxy groups -OCH3 is 1. The Bertz CT molecular complexity index is 730. The van der Waals surface area contributed by atoms with Crippen molar-refractivity contribution < 1.29 is 9.53 Å². The number of nitrogens with one attached hydrogen (secondary N) is 1. The molecule has 0 heterocycles. The van der Waals surface area contributed by atoms with E-state index in [-0.39, 0.29) is 5.91 Å². The van der Waals surface area contributed by atoms with Gasteiger partial charge in [-0.25, -0.2) is 5.43 Å². The number of carbonyl (C=O) groups excluding carboxylic acids is 1. The maximum absolute atomic E-state index is 12.3. The molecule has 0 saturated heterocycles. The molecule has 0 aromatic heterocycles. The molecule has 120 valence electrons. The molecule has 2 aromatic rings. The Labute approximate surface area is 144 Å². The van der Waals surface area contributed by atoms with E-state index in [1.54, 1.807) is 19.4 Å². The molecule has 0 aliphatic carbocycles. The summed E-state index contributed by atoms with van der Waals surface area (Å²) >= 11 is 3.40. The predicted molar refractivity (Wildman–Crippen MR) is 96.5 cm³/mol. The second-order valence-corrected chi connectivity index (χ2v) is 5.91. The molecule has 0 bridgehead atoms. The molecule has 2 aromatic carbocycles. The van der Waals surface area contributed by atoms with Gasteiger partial charge in [0.2, 0.25) is 0 Å². The number of ether oxygens (including phenoxy) is 1. The fourth-order valence-electron chi connectivity index (χ4n) is 2.08. The first kappa shape index (κ1) is 17.0. The first-order valence-electron chi connectivity index (χ1n) is 6.96. The van der Waals surface area contributed by atoms with E-state index in [2.05, 4.69) is 26.5 Å².